The molecule has 0 radical (unpaired) electrons. The summed E-state index contributed by atoms with van der Waals surface area (Å²) >= 11 is 0. The number of hydrogen-bond donors (Lipinski definition) is 0. The lowest BCUT2D eigenvalue weighted by molar-refractivity contribution is -0.126. The van der Waals surface area contributed by atoms with Crippen LogP contribution in [0.15, 0.2) is 48.7 Å². The van der Waals surface area contributed by atoms with Gasteiger partial charge in [-0.15, -0.1) is 12.4 Å². The van der Waals surface area contributed by atoms with Crippen molar-refractivity contribution in [2.75, 3.05) is 11.4 Å². The molecular formula is C18H21ClN2O2. The van der Waals surface area contributed by atoms with Crippen LogP contribution in [0.2, 0.25) is 0 Å². The molecular weight excluding hydrogens is 312 g/mol. The molecule has 3 rings (SSSR count). The molecule has 1 atom stereocenters. The second-order valence-electron chi connectivity index (χ2n) is 5.45. The van der Waals surface area contributed by atoms with Gasteiger partial charge < -0.3 is 4.74 Å². The molecule has 0 N–H and O–H groups in total. The van der Waals surface area contributed by atoms with Crippen molar-refractivity contribution in [2.45, 2.75) is 32.3 Å². The summed E-state index contributed by atoms with van der Waals surface area (Å²) in [4.78, 5) is 18.8. The number of benzene rings is 1. The number of rotatable bonds is 5. The average molecular weight is 333 g/mol. The Labute approximate surface area is 142 Å². The molecule has 2 aromatic rings. The lowest BCUT2D eigenvalue weighted by Crippen LogP contribution is -2.47. The van der Waals surface area contributed by atoms with Crippen LogP contribution in [-0.4, -0.2) is 23.5 Å². The first-order valence-electron chi connectivity index (χ1n) is 7.76. The zero-order valence-corrected chi connectivity index (χ0v) is 14.0. The predicted molar refractivity (Wildman–Crippen MR) is 93.3 cm³/mol. The summed E-state index contributed by atoms with van der Waals surface area (Å²) in [6.07, 6.45) is 3.76. The van der Waals surface area contributed by atoms with Gasteiger partial charge in [-0.25, -0.2) is 4.98 Å². The highest BCUT2D eigenvalue weighted by Crippen LogP contribution is 2.32. The molecule has 23 heavy (non-hydrogen) atoms. The van der Waals surface area contributed by atoms with Gasteiger partial charge in [0.05, 0.1) is 0 Å². The molecule has 1 amide bonds. The molecule has 0 bridgehead atoms. The van der Waals surface area contributed by atoms with E-state index in [0.717, 1.165) is 19.3 Å². The number of hydrogen-bond acceptors (Lipinski definition) is 3. The van der Waals surface area contributed by atoms with Gasteiger partial charge in [0.25, 0.3) is 5.91 Å². The summed E-state index contributed by atoms with van der Waals surface area (Å²) < 4.78 is 5.81. The lowest BCUT2D eigenvalue weighted by atomic mass is 10.1. The Morgan fingerprint density at radius 3 is 2.70 bits per heavy atom. The highest BCUT2D eigenvalue weighted by atomic mass is 35.5. The Bertz CT molecular complexity index is 648. The van der Waals surface area contributed by atoms with E-state index in [1.165, 1.54) is 5.56 Å². The van der Waals surface area contributed by atoms with Gasteiger partial charge in [0.2, 0.25) is 0 Å². The Hall–Kier alpha value is -2.07. The van der Waals surface area contributed by atoms with Gasteiger partial charge in [-0.2, -0.15) is 0 Å². The Morgan fingerprint density at radius 1 is 1.17 bits per heavy atom. The number of pyridine rings is 1. The largest absolute Gasteiger partial charge is 0.477 e. The van der Waals surface area contributed by atoms with Crippen molar-refractivity contribution in [2.24, 2.45) is 0 Å². The number of ether oxygens (including phenoxy) is 1. The van der Waals surface area contributed by atoms with Crippen LogP contribution in [-0.2, 0) is 11.2 Å². The maximum absolute atomic E-state index is 12.7. The van der Waals surface area contributed by atoms with Crippen molar-refractivity contribution in [1.82, 2.24) is 4.98 Å². The molecule has 1 aromatic carbocycles. The molecule has 5 heteroatoms. The number of halogens is 1. The lowest BCUT2D eigenvalue weighted by Gasteiger charge is -2.33. The van der Waals surface area contributed by atoms with E-state index in [1.54, 1.807) is 11.1 Å². The molecule has 1 aliphatic heterocycles. The molecule has 1 aromatic heterocycles. The fraction of sp³-hybridized carbons (Fsp3) is 0.333. The fourth-order valence-corrected chi connectivity index (χ4v) is 2.71. The van der Waals surface area contributed by atoms with E-state index in [1.807, 2.05) is 30.3 Å². The molecule has 0 saturated carbocycles. The summed E-state index contributed by atoms with van der Waals surface area (Å²) in [7, 11) is 0. The van der Waals surface area contributed by atoms with Gasteiger partial charge in [0, 0.05) is 12.7 Å². The van der Waals surface area contributed by atoms with Crippen LogP contribution in [0.5, 0.6) is 5.75 Å². The monoisotopic (exact) mass is 332 g/mol. The Balaban J connectivity index is 0.00000192. The van der Waals surface area contributed by atoms with Gasteiger partial charge in [0.15, 0.2) is 17.7 Å². The maximum atomic E-state index is 12.7. The van der Waals surface area contributed by atoms with Crippen LogP contribution in [0, 0.1) is 0 Å². The van der Waals surface area contributed by atoms with Crippen LogP contribution in [0.1, 0.15) is 25.3 Å². The Morgan fingerprint density at radius 2 is 1.96 bits per heavy atom. The minimum Gasteiger partial charge on any atom is -0.477 e. The van der Waals surface area contributed by atoms with E-state index in [2.05, 4.69) is 24.0 Å². The number of anilines is 1. The van der Waals surface area contributed by atoms with Gasteiger partial charge in [-0.05, 0) is 30.5 Å². The summed E-state index contributed by atoms with van der Waals surface area (Å²) in [6, 6.07) is 13.9. The van der Waals surface area contributed by atoms with E-state index >= 15 is 0 Å². The third kappa shape index (κ3) is 3.82. The summed E-state index contributed by atoms with van der Waals surface area (Å²) in [5, 5.41) is 0. The van der Waals surface area contributed by atoms with Crippen LogP contribution in [0.4, 0.5) is 5.82 Å². The van der Waals surface area contributed by atoms with E-state index in [4.69, 9.17) is 4.74 Å². The van der Waals surface area contributed by atoms with E-state index in [0.29, 0.717) is 18.1 Å². The molecule has 1 unspecified atom stereocenters. The third-order valence-corrected chi connectivity index (χ3v) is 3.84. The van der Waals surface area contributed by atoms with Gasteiger partial charge in [-0.3, -0.25) is 9.69 Å². The SMILES string of the molecule is CCCC1Oc2cccnc2N(CCc2ccccc2)C1=O.Cl. The van der Waals surface area contributed by atoms with Gasteiger partial charge >= 0.3 is 0 Å². The number of carbonyl (C=O) groups is 1. The number of amides is 1. The minimum absolute atomic E-state index is 0. The molecule has 2 heterocycles. The van der Waals surface area contributed by atoms with Crippen molar-refractivity contribution in [3.05, 3.63) is 54.2 Å². The summed E-state index contributed by atoms with van der Waals surface area (Å²) in [5.74, 6) is 1.35. The summed E-state index contributed by atoms with van der Waals surface area (Å²) in [5.41, 5.74) is 1.21. The summed E-state index contributed by atoms with van der Waals surface area (Å²) in [6.45, 7) is 2.68. The van der Waals surface area contributed by atoms with Crippen molar-refractivity contribution < 1.29 is 9.53 Å². The first-order chi connectivity index (χ1) is 10.8. The molecule has 0 saturated heterocycles. The van der Waals surface area contributed by atoms with Crippen molar-refractivity contribution in [3.8, 4) is 5.75 Å². The normalized spacial score (nSPS) is 16.3. The van der Waals surface area contributed by atoms with E-state index in [9.17, 15) is 4.79 Å². The van der Waals surface area contributed by atoms with E-state index < -0.39 is 6.10 Å². The highest BCUT2D eigenvalue weighted by Gasteiger charge is 2.34. The predicted octanol–water partition coefficient (Wildman–Crippen LogP) is 3.64. The molecule has 122 valence electrons. The van der Waals surface area contributed by atoms with Crippen LogP contribution >= 0.6 is 12.4 Å². The Kier molecular flexibility index (Phi) is 5.99. The zero-order valence-electron chi connectivity index (χ0n) is 13.1. The maximum Gasteiger partial charge on any atom is 0.269 e. The van der Waals surface area contributed by atoms with Crippen LogP contribution in [0.3, 0.4) is 0 Å². The quantitative estimate of drug-likeness (QED) is 0.839. The number of fused-ring (bicyclic) bond motifs is 1. The second kappa shape index (κ2) is 7.97. The molecule has 0 fully saturated rings. The number of aromatic nitrogens is 1. The molecule has 1 aliphatic rings. The second-order valence-corrected chi connectivity index (χ2v) is 5.45. The highest BCUT2D eigenvalue weighted by molar-refractivity contribution is 5.98. The topological polar surface area (TPSA) is 42.4 Å². The van der Waals surface area contributed by atoms with Crippen molar-refractivity contribution in [1.29, 1.82) is 0 Å². The average Bonchev–Trinajstić information content (AvgIpc) is 2.56. The standard InChI is InChI=1S/C18H20N2O2.ClH/c1-2-7-16-18(21)20(13-11-14-8-4-3-5-9-14)17-15(22-16)10-6-12-19-17;/h3-6,8-10,12,16H,2,7,11,13H2,1H3;1H. The first-order valence-corrected chi connectivity index (χ1v) is 7.76. The first kappa shape index (κ1) is 17.3. The van der Waals surface area contributed by atoms with Gasteiger partial charge in [-0.1, -0.05) is 43.7 Å². The molecule has 4 nitrogen and oxygen atoms in total. The van der Waals surface area contributed by atoms with Crippen molar-refractivity contribution >= 4 is 24.1 Å². The number of nitrogens with zero attached hydrogens (tertiary/aromatic N) is 2. The smallest absolute Gasteiger partial charge is 0.269 e. The number of carbonyl (C=O) groups excluding carboxylic acids is 1. The van der Waals surface area contributed by atoms with E-state index in [-0.39, 0.29) is 18.3 Å². The minimum atomic E-state index is -0.391. The molecule has 0 aliphatic carbocycles. The third-order valence-electron chi connectivity index (χ3n) is 3.84. The van der Waals surface area contributed by atoms with Crippen LogP contribution in [0.25, 0.3) is 0 Å². The van der Waals surface area contributed by atoms with Crippen LogP contribution < -0.4 is 9.64 Å². The zero-order chi connectivity index (χ0) is 15.4. The molecule has 0 spiro atoms. The fourth-order valence-electron chi connectivity index (χ4n) is 2.71. The van der Waals surface area contributed by atoms with Crippen molar-refractivity contribution in [3.63, 3.8) is 0 Å². The van der Waals surface area contributed by atoms with Gasteiger partial charge in [0.1, 0.15) is 0 Å².